The number of rotatable bonds is 4. The first kappa shape index (κ1) is 15.2. The molecule has 0 aliphatic rings. The first-order chi connectivity index (χ1) is 10.6. The fourth-order valence-electron chi connectivity index (χ4n) is 1.78. The number of benzene rings is 2. The molecule has 0 aromatic heterocycles. The van der Waals surface area contributed by atoms with Crippen molar-refractivity contribution >= 4 is 6.08 Å². The van der Waals surface area contributed by atoms with Crippen LogP contribution in [0.25, 0.3) is 6.08 Å². The number of nitrogens with zero attached hydrogens (tertiary/aromatic N) is 2. The van der Waals surface area contributed by atoms with Crippen LogP contribution < -0.4 is 4.74 Å². The highest BCUT2D eigenvalue weighted by Crippen LogP contribution is 2.17. The van der Waals surface area contributed by atoms with E-state index in [4.69, 9.17) is 15.3 Å². The molecule has 2 rings (SSSR count). The third-order valence-electron chi connectivity index (χ3n) is 2.76. The summed E-state index contributed by atoms with van der Waals surface area (Å²) in [6, 6.07) is 13.4. The summed E-state index contributed by atoms with van der Waals surface area (Å²) >= 11 is 0. The van der Waals surface area contributed by atoms with Crippen LogP contribution in [0.4, 0.5) is 8.78 Å². The van der Waals surface area contributed by atoms with Crippen LogP contribution in [0.3, 0.4) is 0 Å². The number of allylic oxidation sites excluding steroid dienone is 1. The Hall–Kier alpha value is -3.18. The predicted molar refractivity (Wildman–Crippen MR) is 76.3 cm³/mol. The molecule has 2 aromatic rings. The zero-order chi connectivity index (χ0) is 15.9. The molecule has 0 aliphatic heterocycles. The second kappa shape index (κ2) is 7.01. The van der Waals surface area contributed by atoms with Gasteiger partial charge in [-0.15, -0.1) is 0 Å². The molecule has 5 heteroatoms. The second-order valence-electron chi connectivity index (χ2n) is 4.42. The Labute approximate surface area is 126 Å². The lowest BCUT2D eigenvalue weighted by molar-refractivity contribution is 0.305. The fourth-order valence-corrected chi connectivity index (χ4v) is 1.78. The zero-order valence-corrected chi connectivity index (χ0v) is 11.4. The molecule has 0 saturated carbocycles. The summed E-state index contributed by atoms with van der Waals surface area (Å²) in [5.74, 6) is -0.795. The molecule has 108 valence electrons. The van der Waals surface area contributed by atoms with E-state index >= 15 is 0 Å². The lowest BCUT2D eigenvalue weighted by atomic mass is 10.1. The minimum Gasteiger partial charge on any atom is -0.489 e. The summed E-state index contributed by atoms with van der Waals surface area (Å²) in [6.45, 7) is 0.0332. The van der Waals surface area contributed by atoms with Gasteiger partial charge < -0.3 is 4.74 Å². The normalized spacial score (nSPS) is 9.45. The molecule has 0 fully saturated rings. The number of hydrogen-bond donors (Lipinski definition) is 0. The average Bonchev–Trinajstić information content (AvgIpc) is 2.51. The summed E-state index contributed by atoms with van der Waals surface area (Å²) in [5.41, 5.74) is 1.07. The summed E-state index contributed by atoms with van der Waals surface area (Å²) in [4.78, 5) is 0. The van der Waals surface area contributed by atoms with Gasteiger partial charge in [-0.1, -0.05) is 12.1 Å². The number of nitriles is 2. The van der Waals surface area contributed by atoms with Gasteiger partial charge in [-0.05, 0) is 41.5 Å². The third-order valence-corrected chi connectivity index (χ3v) is 2.76. The molecular weight excluding hydrogens is 286 g/mol. The van der Waals surface area contributed by atoms with Gasteiger partial charge in [0, 0.05) is 6.07 Å². The van der Waals surface area contributed by atoms with Gasteiger partial charge in [0.1, 0.15) is 41.7 Å². The topological polar surface area (TPSA) is 56.8 Å². The van der Waals surface area contributed by atoms with E-state index in [1.807, 2.05) is 0 Å². The van der Waals surface area contributed by atoms with Crippen LogP contribution in [0.15, 0.2) is 48.0 Å². The largest absolute Gasteiger partial charge is 0.489 e. The maximum atomic E-state index is 13.0. The van der Waals surface area contributed by atoms with Crippen molar-refractivity contribution in [3.8, 4) is 17.9 Å². The molecule has 0 saturated heterocycles. The molecule has 0 N–H and O–H groups in total. The monoisotopic (exact) mass is 296 g/mol. The maximum absolute atomic E-state index is 13.0. The molecule has 0 aliphatic carbocycles. The van der Waals surface area contributed by atoms with Crippen molar-refractivity contribution in [2.75, 3.05) is 0 Å². The lowest BCUT2D eigenvalue weighted by Gasteiger charge is -2.07. The number of ether oxygens (including phenoxy) is 1. The summed E-state index contributed by atoms with van der Waals surface area (Å²) in [5, 5.41) is 17.3. The van der Waals surface area contributed by atoms with Gasteiger partial charge in [-0.2, -0.15) is 10.5 Å². The van der Waals surface area contributed by atoms with Crippen molar-refractivity contribution in [3.05, 3.63) is 70.8 Å². The third kappa shape index (κ3) is 4.16. The molecule has 22 heavy (non-hydrogen) atoms. The zero-order valence-electron chi connectivity index (χ0n) is 11.4. The van der Waals surface area contributed by atoms with Gasteiger partial charge in [0.05, 0.1) is 0 Å². The molecule has 2 aromatic carbocycles. The summed E-state index contributed by atoms with van der Waals surface area (Å²) < 4.78 is 31.5. The lowest BCUT2D eigenvalue weighted by Crippen LogP contribution is -1.97. The Morgan fingerprint density at radius 3 is 2.14 bits per heavy atom. The van der Waals surface area contributed by atoms with E-state index in [0.29, 0.717) is 16.9 Å². The minimum atomic E-state index is -0.653. The molecule has 0 unspecified atom stereocenters. The van der Waals surface area contributed by atoms with Gasteiger partial charge in [0.2, 0.25) is 0 Å². The van der Waals surface area contributed by atoms with Crippen LogP contribution in [0.2, 0.25) is 0 Å². The Balaban J connectivity index is 2.04. The van der Waals surface area contributed by atoms with Crippen molar-refractivity contribution in [3.63, 3.8) is 0 Å². The van der Waals surface area contributed by atoms with E-state index in [0.717, 1.165) is 6.07 Å². The second-order valence-corrected chi connectivity index (χ2v) is 4.42. The van der Waals surface area contributed by atoms with Crippen LogP contribution in [0.5, 0.6) is 5.75 Å². The molecule has 0 heterocycles. The Kier molecular flexibility index (Phi) is 4.85. The van der Waals surface area contributed by atoms with E-state index in [1.165, 1.54) is 18.2 Å². The van der Waals surface area contributed by atoms with Gasteiger partial charge in [-0.25, -0.2) is 8.78 Å². The van der Waals surface area contributed by atoms with E-state index in [9.17, 15) is 8.78 Å². The molecule has 0 atom stereocenters. The van der Waals surface area contributed by atoms with E-state index in [2.05, 4.69) is 0 Å². The van der Waals surface area contributed by atoms with Crippen LogP contribution in [0, 0.1) is 34.3 Å². The fraction of sp³-hybridized carbons (Fsp3) is 0.0588. The Morgan fingerprint density at radius 2 is 1.59 bits per heavy atom. The molecular formula is C17H10F2N2O. The summed E-state index contributed by atoms with van der Waals surface area (Å²) in [6.07, 6.45) is 1.45. The first-order valence-corrected chi connectivity index (χ1v) is 6.30. The molecule has 3 nitrogen and oxygen atoms in total. The van der Waals surface area contributed by atoms with Gasteiger partial charge in [-0.3, -0.25) is 0 Å². The van der Waals surface area contributed by atoms with E-state index < -0.39 is 11.6 Å². The van der Waals surface area contributed by atoms with Crippen LogP contribution in [-0.2, 0) is 6.61 Å². The van der Waals surface area contributed by atoms with Crippen molar-refractivity contribution in [2.45, 2.75) is 6.61 Å². The predicted octanol–water partition coefficient (Wildman–Crippen LogP) is 3.97. The van der Waals surface area contributed by atoms with Crippen LogP contribution >= 0.6 is 0 Å². The van der Waals surface area contributed by atoms with Crippen LogP contribution in [-0.4, -0.2) is 0 Å². The SMILES string of the molecule is N#CC(C#N)=Cc1ccc(OCc2cc(F)cc(F)c2)cc1. The van der Waals surface area contributed by atoms with Crippen molar-refractivity contribution < 1.29 is 13.5 Å². The van der Waals surface area contributed by atoms with E-state index in [1.54, 1.807) is 36.4 Å². The first-order valence-electron chi connectivity index (χ1n) is 6.30. The minimum absolute atomic E-state index is 0.00362. The highest BCUT2D eigenvalue weighted by atomic mass is 19.1. The van der Waals surface area contributed by atoms with Gasteiger partial charge in [0.15, 0.2) is 0 Å². The van der Waals surface area contributed by atoms with Crippen molar-refractivity contribution in [1.82, 2.24) is 0 Å². The van der Waals surface area contributed by atoms with Crippen molar-refractivity contribution in [1.29, 1.82) is 10.5 Å². The smallest absolute Gasteiger partial charge is 0.130 e. The standard InChI is InChI=1S/C17H10F2N2O/c18-15-6-13(7-16(19)8-15)11-22-17-3-1-12(2-4-17)5-14(9-20)10-21/h1-8H,11H2. The Morgan fingerprint density at radius 1 is 1.00 bits per heavy atom. The van der Waals surface area contributed by atoms with Gasteiger partial charge >= 0.3 is 0 Å². The maximum Gasteiger partial charge on any atom is 0.130 e. The Bertz CT molecular complexity index is 748. The average molecular weight is 296 g/mol. The van der Waals surface area contributed by atoms with Crippen LogP contribution in [0.1, 0.15) is 11.1 Å². The molecule has 0 bridgehead atoms. The summed E-state index contributed by atoms with van der Waals surface area (Å²) in [7, 11) is 0. The number of halogens is 2. The van der Waals surface area contributed by atoms with Gasteiger partial charge in [0.25, 0.3) is 0 Å². The molecule has 0 amide bonds. The highest BCUT2D eigenvalue weighted by molar-refractivity contribution is 5.62. The number of hydrogen-bond acceptors (Lipinski definition) is 3. The van der Waals surface area contributed by atoms with E-state index in [-0.39, 0.29) is 12.2 Å². The van der Waals surface area contributed by atoms with Crippen molar-refractivity contribution in [2.24, 2.45) is 0 Å². The molecule has 0 radical (unpaired) electrons. The quantitative estimate of drug-likeness (QED) is 0.802. The molecule has 0 spiro atoms. The highest BCUT2D eigenvalue weighted by Gasteiger charge is 2.02.